The highest BCUT2D eigenvalue weighted by atomic mass is 16.5. The Hall–Kier alpha value is -2.78. The lowest BCUT2D eigenvalue weighted by Gasteiger charge is -2.34. The third kappa shape index (κ3) is 2.67. The van der Waals surface area contributed by atoms with E-state index < -0.39 is 5.60 Å². The summed E-state index contributed by atoms with van der Waals surface area (Å²) in [7, 11) is 1.60. The Morgan fingerprint density at radius 3 is 2.91 bits per heavy atom. The average Bonchev–Trinajstić information content (AvgIpc) is 2.54. The van der Waals surface area contributed by atoms with E-state index in [2.05, 4.69) is 11.2 Å². The number of hydrogen-bond donors (Lipinski definition) is 1. The summed E-state index contributed by atoms with van der Waals surface area (Å²) in [6.45, 7) is 4.21. The molecule has 6 heteroatoms. The molecule has 0 atom stereocenters. The molecule has 118 valence electrons. The Kier molecular flexibility index (Phi) is 3.58. The molecule has 1 aromatic carbocycles. The molecule has 0 spiro atoms. The minimum absolute atomic E-state index is 0.299. The standard InChI is InChI=1S/C17H18N4O2/c1-17(2)8-13-14(9-18)16(19)21(20-15(13)10-23-17)11-5-4-6-12(7-11)22-3/h4-8H,10,19H2,1-3H3. The van der Waals surface area contributed by atoms with Crippen LogP contribution >= 0.6 is 0 Å². The van der Waals surface area contributed by atoms with Crippen molar-refractivity contribution in [3.63, 3.8) is 0 Å². The Morgan fingerprint density at radius 2 is 2.22 bits per heavy atom. The van der Waals surface area contributed by atoms with Crippen LogP contribution in [-0.2, 0) is 4.74 Å². The van der Waals surface area contributed by atoms with Gasteiger partial charge in [-0.3, -0.25) is 0 Å². The molecule has 1 aromatic rings. The first-order valence-electron chi connectivity index (χ1n) is 7.24. The third-order valence-electron chi connectivity index (χ3n) is 3.77. The number of methoxy groups -OCH3 is 1. The van der Waals surface area contributed by atoms with Crippen LogP contribution in [0.2, 0.25) is 0 Å². The van der Waals surface area contributed by atoms with E-state index in [0.717, 1.165) is 11.3 Å². The van der Waals surface area contributed by atoms with Crippen molar-refractivity contribution >= 4 is 11.4 Å². The molecule has 3 rings (SSSR count). The Balaban J connectivity index is 2.11. The quantitative estimate of drug-likeness (QED) is 0.906. The van der Waals surface area contributed by atoms with Crippen LogP contribution in [0.15, 0.2) is 52.4 Å². The molecule has 0 saturated heterocycles. The largest absolute Gasteiger partial charge is 0.497 e. The highest BCUT2D eigenvalue weighted by Crippen LogP contribution is 2.33. The molecular formula is C17H18N4O2. The smallest absolute Gasteiger partial charge is 0.144 e. The van der Waals surface area contributed by atoms with Gasteiger partial charge in [0.25, 0.3) is 0 Å². The first-order chi connectivity index (χ1) is 10.9. The molecule has 0 fully saturated rings. The summed E-state index contributed by atoms with van der Waals surface area (Å²) >= 11 is 0. The molecule has 2 heterocycles. The van der Waals surface area contributed by atoms with Gasteiger partial charge in [-0.25, -0.2) is 5.01 Å². The molecule has 0 unspecified atom stereocenters. The van der Waals surface area contributed by atoms with Crippen LogP contribution in [0.4, 0.5) is 5.69 Å². The molecule has 0 radical (unpaired) electrons. The van der Waals surface area contributed by atoms with Crippen LogP contribution in [0.5, 0.6) is 5.75 Å². The van der Waals surface area contributed by atoms with Crippen LogP contribution < -0.4 is 15.5 Å². The van der Waals surface area contributed by atoms with E-state index in [0.29, 0.717) is 29.5 Å². The average molecular weight is 310 g/mol. The van der Waals surface area contributed by atoms with Crippen molar-refractivity contribution in [3.8, 4) is 11.8 Å². The van der Waals surface area contributed by atoms with Crippen molar-refractivity contribution in [1.82, 2.24) is 0 Å². The van der Waals surface area contributed by atoms with Gasteiger partial charge in [-0.1, -0.05) is 6.07 Å². The number of rotatable bonds is 2. The SMILES string of the molecule is COc1cccc(N2N=C3COC(C)(C)C=C3C(C#N)=C2N)c1. The topological polar surface area (TPSA) is 83.9 Å². The van der Waals surface area contributed by atoms with Gasteiger partial charge in [-0.05, 0) is 32.1 Å². The van der Waals surface area contributed by atoms with Crippen LogP contribution in [0.25, 0.3) is 0 Å². The maximum atomic E-state index is 9.56. The number of nitrogens with zero attached hydrogens (tertiary/aromatic N) is 3. The second kappa shape index (κ2) is 5.45. The van der Waals surface area contributed by atoms with Gasteiger partial charge in [-0.15, -0.1) is 0 Å². The molecule has 2 N–H and O–H groups in total. The van der Waals surface area contributed by atoms with Gasteiger partial charge in [0.15, 0.2) is 0 Å². The summed E-state index contributed by atoms with van der Waals surface area (Å²) in [6.07, 6.45) is 1.89. The molecule has 0 aliphatic carbocycles. The number of allylic oxidation sites excluding steroid dienone is 1. The number of fused-ring (bicyclic) bond motifs is 1. The van der Waals surface area contributed by atoms with E-state index in [4.69, 9.17) is 15.2 Å². The molecule has 0 bridgehead atoms. The monoisotopic (exact) mass is 310 g/mol. The number of hydrogen-bond acceptors (Lipinski definition) is 6. The maximum Gasteiger partial charge on any atom is 0.144 e. The summed E-state index contributed by atoms with van der Waals surface area (Å²) in [5.74, 6) is 0.991. The predicted molar refractivity (Wildman–Crippen MR) is 87.8 cm³/mol. The second-order valence-corrected chi connectivity index (χ2v) is 5.88. The zero-order valence-electron chi connectivity index (χ0n) is 13.3. The van der Waals surface area contributed by atoms with E-state index >= 15 is 0 Å². The van der Waals surface area contributed by atoms with E-state index in [-0.39, 0.29) is 0 Å². The minimum atomic E-state index is -0.450. The first-order valence-corrected chi connectivity index (χ1v) is 7.24. The number of nitrogens with two attached hydrogens (primary N) is 1. The Morgan fingerprint density at radius 1 is 1.43 bits per heavy atom. The van der Waals surface area contributed by atoms with E-state index in [1.54, 1.807) is 12.1 Å². The van der Waals surface area contributed by atoms with Crippen molar-refractivity contribution in [2.75, 3.05) is 18.7 Å². The van der Waals surface area contributed by atoms with E-state index in [9.17, 15) is 5.26 Å². The Bertz CT molecular complexity index is 784. The number of anilines is 1. The second-order valence-electron chi connectivity index (χ2n) is 5.88. The van der Waals surface area contributed by atoms with E-state index in [1.807, 2.05) is 44.2 Å². The lowest BCUT2D eigenvalue weighted by Crippen LogP contribution is -2.39. The number of hydrazone groups is 1. The predicted octanol–water partition coefficient (Wildman–Crippen LogP) is 2.30. The molecular weight excluding hydrogens is 292 g/mol. The maximum absolute atomic E-state index is 9.56. The van der Waals surface area contributed by atoms with Crippen molar-refractivity contribution in [1.29, 1.82) is 5.26 Å². The summed E-state index contributed by atoms with van der Waals surface area (Å²) in [5.41, 5.74) is 8.34. The summed E-state index contributed by atoms with van der Waals surface area (Å²) in [4.78, 5) is 0. The summed E-state index contributed by atoms with van der Waals surface area (Å²) in [6, 6.07) is 9.55. The highest BCUT2D eigenvalue weighted by molar-refractivity contribution is 6.08. The molecule has 2 aliphatic heterocycles. The molecule has 2 aliphatic rings. The van der Waals surface area contributed by atoms with Gasteiger partial charge in [-0.2, -0.15) is 10.4 Å². The lowest BCUT2D eigenvalue weighted by atomic mass is 9.92. The third-order valence-corrected chi connectivity index (χ3v) is 3.77. The molecule has 0 aromatic heterocycles. The van der Waals surface area contributed by atoms with Crippen LogP contribution in [0, 0.1) is 11.3 Å². The van der Waals surface area contributed by atoms with Crippen molar-refractivity contribution in [3.05, 3.63) is 47.3 Å². The molecule has 6 nitrogen and oxygen atoms in total. The van der Waals surface area contributed by atoms with Gasteiger partial charge >= 0.3 is 0 Å². The summed E-state index contributed by atoms with van der Waals surface area (Å²) in [5, 5.41) is 15.7. The normalized spacial score (nSPS) is 19.5. The molecule has 0 amide bonds. The van der Waals surface area contributed by atoms with Crippen molar-refractivity contribution in [2.24, 2.45) is 10.8 Å². The van der Waals surface area contributed by atoms with Crippen molar-refractivity contribution < 1.29 is 9.47 Å². The molecule has 0 saturated carbocycles. The first kappa shape index (κ1) is 15.1. The number of nitriles is 1. The van der Waals surface area contributed by atoms with Gasteiger partial charge in [0.2, 0.25) is 0 Å². The zero-order chi connectivity index (χ0) is 16.6. The fourth-order valence-electron chi connectivity index (χ4n) is 2.58. The van der Waals surface area contributed by atoms with Gasteiger partial charge in [0.1, 0.15) is 23.2 Å². The van der Waals surface area contributed by atoms with E-state index in [1.165, 1.54) is 0 Å². The highest BCUT2D eigenvalue weighted by Gasteiger charge is 2.33. The summed E-state index contributed by atoms with van der Waals surface area (Å²) < 4.78 is 11.0. The molecule has 23 heavy (non-hydrogen) atoms. The van der Waals surface area contributed by atoms with Crippen LogP contribution in [-0.4, -0.2) is 25.0 Å². The van der Waals surface area contributed by atoms with Gasteiger partial charge in [0.05, 0.1) is 30.7 Å². The number of benzene rings is 1. The van der Waals surface area contributed by atoms with Crippen molar-refractivity contribution in [2.45, 2.75) is 19.4 Å². The number of ether oxygens (including phenoxy) is 2. The minimum Gasteiger partial charge on any atom is -0.497 e. The van der Waals surface area contributed by atoms with Gasteiger partial charge in [0, 0.05) is 11.6 Å². The fraction of sp³-hybridized carbons (Fsp3) is 0.294. The fourth-order valence-corrected chi connectivity index (χ4v) is 2.58. The van der Waals surface area contributed by atoms with Crippen LogP contribution in [0.1, 0.15) is 13.8 Å². The Labute approximate surface area is 135 Å². The lowest BCUT2D eigenvalue weighted by molar-refractivity contribution is 0.0409. The van der Waals surface area contributed by atoms with Crippen LogP contribution in [0.3, 0.4) is 0 Å². The van der Waals surface area contributed by atoms with Gasteiger partial charge < -0.3 is 15.2 Å². The zero-order valence-corrected chi connectivity index (χ0v) is 13.3.